The minimum Gasteiger partial charge on any atom is -0.494 e. The monoisotopic (exact) mass is 260 g/mol. The molecule has 0 aliphatic rings. The molecule has 0 unspecified atom stereocenters. The summed E-state index contributed by atoms with van der Waals surface area (Å²) in [6.45, 7) is 2.88. The molecule has 0 aliphatic carbocycles. The SMILES string of the molecule is CCOc1ccc(C(=O)c2ccc(COC)o2)cc1. The number of hydrogen-bond acceptors (Lipinski definition) is 4. The molecule has 0 atom stereocenters. The van der Waals surface area contributed by atoms with Crippen LogP contribution < -0.4 is 4.74 Å². The van der Waals surface area contributed by atoms with Crippen LogP contribution in [0.3, 0.4) is 0 Å². The number of methoxy groups -OCH3 is 1. The summed E-state index contributed by atoms with van der Waals surface area (Å²) >= 11 is 0. The zero-order valence-corrected chi connectivity index (χ0v) is 11.0. The van der Waals surface area contributed by atoms with E-state index in [-0.39, 0.29) is 5.78 Å². The maximum absolute atomic E-state index is 12.2. The van der Waals surface area contributed by atoms with E-state index in [4.69, 9.17) is 13.9 Å². The molecule has 4 heteroatoms. The van der Waals surface area contributed by atoms with Gasteiger partial charge in [0, 0.05) is 12.7 Å². The van der Waals surface area contributed by atoms with Crippen molar-refractivity contribution in [2.24, 2.45) is 0 Å². The van der Waals surface area contributed by atoms with Gasteiger partial charge in [-0.15, -0.1) is 0 Å². The Kier molecular flexibility index (Phi) is 4.36. The summed E-state index contributed by atoms with van der Waals surface area (Å²) in [5.41, 5.74) is 0.571. The maximum atomic E-state index is 12.2. The Labute approximate surface area is 111 Å². The summed E-state index contributed by atoms with van der Waals surface area (Å²) in [5.74, 6) is 1.55. The lowest BCUT2D eigenvalue weighted by Crippen LogP contribution is -2.00. The molecule has 0 amide bonds. The fourth-order valence-electron chi connectivity index (χ4n) is 1.73. The maximum Gasteiger partial charge on any atom is 0.228 e. The fourth-order valence-corrected chi connectivity index (χ4v) is 1.73. The van der Waals surface area contributed by atoms with Gasteiger partial charge in [-0.3, -0.25) is 4.79 Å². The molecule has 0 fully saturated rings. The number of furan rings is 1. The second-order valence-corrected chi connectivity index (χ2v) is 3.99. The third-order valence-corrected chi connectivity index (χ3v) is 2.60. The van der Waals surface area contributed by atoms with Crippen molar-refractivity contribution in [3.63, 3.8) is 0 Å². The van der Waals surface area contributed by atoms with E-state index in [2.05, 4.69) is 0 Å². The summed E-state index contributed by atoms with van der Waals surface area (Å²) in [6.07, 6.45) is 0. The van der Waals surface area contributed by atoms with Crippen LogP contribution in [-0.4, -0.2) is 19.5 Å². The average molecular weight is 260 g/mol. The van der Waals surface area contributed by atoms with E-state index < -0.39 is 0 Å². The van der Waals surface area contributed by atoms with Crippen LogP contribution in [0.25, 0.3) is 0 Å². The van der Waals surface area contributed by atoms with Crippen molar-refractivity contribution in [2.75, 3.05) is 13.7 Å². The van der Waals surface area contributed by atoms with Gasteiger partial charge in [-0.2, -0.15) is 0 Å². The Bertz CT molecular complexity index is 540. The van der Waals surface area contributed by atoms with E-state index in [0.29, 0.717) is 30.3 Å². The van der Waals surface area contributed by atoms with E-state index >= 15 is 0 Å². The molecule has 1 aromatic carbocycles. The highest BCUT2D eigenvalue weighted by atomic mass is 16.5. The molecule has 2 rings (SSSR count). The fraction of sp³-hybridized carbons (Fsp3) is 0.267. The summed E-state index contributed by atoms with van der Waals surface area (Å²) in [7, 11) is 1.58. The van der Waals surface area contributed by atoms with Gasteiger partial charge in [0.05, 0.1) is 6.61 Å². The Hall–Kier alpha value is -2.07. The number of ketones is 1. The lowest BCUT2D eigenvalue weighted by molar-refractivity contribution is 0.1000. The third kappa shape index (κ3) is 3.23. The van der Waals surface area contributed by atoms with Crippen molar-refractivity contribution in [3.8, 4) is 5.75 Å². The Morgan fingerprint density at radius 2 is 1.89 bits per heavy atom. The van der Waals surface area contributed by atoms with Crippen LogP contribution in [0.1, 0.15) is 28.8 Å². The summed E-state index contributed by atoms with van der Waals surface area (Å²) < 4.78 is 15.7. The molecule has 1 heterocycles. The average Bonchev–Trinajstić information content (AvgIpc) is 2.88. The quantitative estimate of drug-likeness (QED) is 0.749. The minimum absolute atomic E-state index is 0.148. The minimum atomic E-state index is -0.148. The standard InChI is InChI=1S/C15H16O4/c1-3-18-12-6-4-11(5-7-12)15(16)14-9-8-13(19-14)10-17-2/h4-9H,3,10H2,1-2H3. The van der Waals surface area contributed by atoms with Gasteiger partial charge in [-0.25, -0.2) is 0 Å². The molecule has 1 aromatic heterocycles. The molecule has 0 radical (unpaired) electrons. The third-order valence-electron chi connectivity index (χ3n) is 2.60. The lowest BCUT2D eigenvalue weighted by Gasteiger charge is -2.03. The molecule has 0 spiro atoms. The largest absolute Gasteiger partial charge is 0.494 e. The van der Waals surface area contributed by atoms with Gasteiger partial charge in [-0.1, -0.05) is 0 Å². The van der Waals surface area contributed by atoms with E-state index in [9.17, 15) is 4.79 Å². The molecule has 0 N–H and O–H groups in total. The second kappa shape index (κ2) is 6.20. The van der Waals surface area contributed by atoms with Crippen molar-refractivity contribution < 1.29 is 18.7 Å². The molecular weight excluding hydrogens is 244 g/mol. The number of ether oxygens (including phenoxy) is 2. The smallest absolute Gasteiger partial charge is 0.228 e. The van der Waals surface area contributed by atoms with E-state index in [0.717, 1.165) is 5.75 Å². The van der Waals surface area contributed by atoms with Crippen LogP contribution in [0, 0.1) is 0 Å². The Balaban J connectivity index is 2.13. The Morgan fingerprint density at radius 3 is 2.53 bits per heavy atom. The summed E-state index contributed by atoms with van der Waals surface area (Å²) in [5, 5.41) is 0. The number of benzene rings is 1. The van der Waals surface area contributed by atoms with Gasteiger partial charge in [0.2, 0.25) is 5.78 Å². The van der Waals surface area contributed by atoms with Gasteiger partial charge in [-0.05, 0) is 43.3 Å². The zero-order valence-electron chi connectivity index (χ0n) is 11.0. The number of carbonyl (C=O) groups excluding carboxylic acids is 1. The highest BCUT2D eigenvalue weighted by Crippen LogP contribution is 2.17. The molecule has 0 saturated carbocycles. The first-order chi connectivity index (χ1) is 9.24. The molecule has 0 bridgehead atoms. The number of carbonyl (C=O) groups is 1. The molecular formula is C15H16O4. The predicted octanol–water partition coefficient (Wildman–Crippen LogP) is 3.06. The van der Waals surface area contributed by atoms with Gasteiger partial charge in [0.1, 0.15) is 18.1 Å². The molecule has 100 valence electrons. The van der Waals surface area contributed by atoms with Crippen LogP contribution in [0.15, 0.2) is 40.8 Å². The van der Waals surface area contributed by atoms with Gasteiger partial charge in [0.15, 0.2) is 5.76 Å². The van der Waals surface area contributed by atoms with Crippen LogP contribution in [0.2, 0.25) is 0 Å². The molecule has 0 saturated heterocycles. The summed E-state index contributed by atoms with van der Waals surface area (Å²) in [6, 6.07) is 10.4. The number of hydrogen-bond donors (Lipinski definition) is 0. The Morgan fingerprint density at radius 1 is 1.16 bits per heavy atom. The van der Waals surface area contributed by atoms with Crippen molar-refractivity contribution in [2.45, 2.75) is 13.5 Å². The van der Waals surface area contributed by atoms with Gasteiger partial charge < -0.3 is 13.9 Å². The van der Waals surface area contributed by atoms with Gasteiger partial charge in [0.25, 0.3) is 0 Å². The highest BCUT2D eigenvalue weighted by Gasteiger charge is 2.13. The zero-order chi connectivity index (χ0) is 13.7. The number of rotatable bonds is 6. The normalized spacial score (nSPS) is 10.4. The highest BCUT2D eigenvalue weighted by molar-refractivity contribution is 6.07. The van der Waals surface area contributed by atoms with Crippen LogP contribution in [0.4, 0.5) is 0 Å². The first-order valence-electron chi connectivity index (χ1n) is 6.09. The van der Waals surface area contributed by atoms with E-state index in [1.54, 1.807) is 43.5 Å². The molecule has 2 aromatic rings. The molecule has 4 nitrogen and oxygen atoms in total. The lowest BCUT2D eigenvalue weighted by atomic mass is 10.1. The first kappa shape index (κ1) is 13.4. The van der Waals surface area contributed by atoms with Gasteiger partial charge >= 0.3 is 0 Å². The molecule has 19 heavy (non-hydrogen) atoms. The summed E-state index contributed by atoms with van der Waals surface area (Å²) in [4.78, 5) is 12.2. The van der Waals surface area contributed by atoms with Crippen molar-refractivity contribution >= 4 is 5.78 Å². The first-order valence-corrected chi connectivity index (χ1v) is 6.09. The van der Waals surface area contributed by atoms with Crippen molar-refractivity contribution in [3.05, 3.63) is 53.5 Å². The topological polar surface area (TPSA) is 48.7 Å². The molecule has 0 aliphatic heterocycles. The van der Waals surface area contributed by atoms with E-state index in [1.165, 1.54) is 0 Å². The van der Waals surface area contributed by atoms with Crippen molar-refractivity contribution in [1.29, 1.82) is 0 Å². The second-order valence-electron chi connectivity index (χ2n) is 3.99. The predicted molar refractivity (Wildman–Crippen MR) is 70.5 cm³/mol. The van der Waals surface area contributed by atoms with Crippen LogP contribution >= 0.6 is 0 Å². The van der Waals surface area contributed by atoms with E-state index in [1.807, 2.05) is 6.92 Å². The van der Waals surface area contributed by atoms with Crippen LogP contribution in [-0.2, 0) is 11.3 Å². The van der Waals surface area contributed by atoms with Crippen molar-refractivity contribution in [1.82, 2.24) is 0 Å². The van der Waals surface area contributed by atoms with Crippen LogP contribution in [0.5, 0.6) is 5.75 Å².